The molecule has 0 saturated heterocycles. The van der Waals surface area contributed by atoms with E-state index in [0.717, 1.165) is 5.56 Å². The topological polar surface area (TPSA) is 59.3 Å². The molecule has 0 N–H and O–H groups in total. The van der Waals surface area contributed by atoms with E-state index in [0.29, 0.717) is 23.5 Å². The second-order valence-corrected chi connectivity index (χ2v) is 4.10. The van der Waals surface area contributed by atoms with Crippen molar-refractivity contribution in [3.63, 3.8) is 0 Å². The fourth-order valence-electron chi connectivity index (χ4n) is 1.68. The van der Waals surface area contributed by atoms with Crippen molar-refractivity contribution in [1.29, 1.82) is 5.26 Å². The summed E-state index contributed by atoms with van der Waals surface area (Å²) < 4.78 is 10.3. The van der Waals surface area contributed by atoms with Gasteiger partial charge in [0, 0.05) is 0 Å². The average molecular weight is 267 g/mol. The van der Waals surface area contributed by atoms with Crippen LogP contribution in [0.2, 0.25) is 0 Å². The molecule has 0 spiro atoms. The van der Waals surface area contributed by atoms with Crippen LogP contribution < -0.4 is 9.47 Å². The molecule has 0 atom stereocenters. The van der Waals surface area contributed by atoms with Gasteiger partial charge in [-0.2, -0.15) is 5.26 Å². The quantitative estimate of drug-likeness (QED) is 0.631. The van der Waals surface area contributed by atoms with E-state index < -0.39 is 5.97 Å². The Morgan fingerprint density at radius 3 is 2.55 bits per heavy atom. The highest BCUT2D eigenvalue weighted by Crippen LogP contribution is 2.17. The van der Waals surface area contributed by atoms with Crippen molar-refractivity contribution < 1.29 is 14.3 Å². The van der Waals surface area contributed by atoms with E-state index in [1.54, 1.807) is 55.6 Å². The van der Waals surface area contributed by atoms with Gasteiger partial charge >= 0.3 is 5.97 Å². The fourth-order valence-corrected chi connectivity index (χ4v) is 1.68. The molecule has 2 aromatic rings. The van der Waals surface area contributed by atoms with Gasteiger partial charge in [0.25, 0.3) is 0 Å². The molecule has 0 fully saturated rings. The highest BCUT2D eigenvalue weighted by atomic mass is 16.5. The molecule has 0 saturated carbocycles. The Hall–Kier alpha value is -2.80. The van der Waals surface area contributed by atoms with Crippen LogP contribution in [0.3, 0.4) is 0 Å². The molecule has 0 unspecified atom stereocenters. The van der Waals surface area contributed by atoms with Crippen molar-refractivity contribution in [3.8, 4) is 17.6 Å². The predicted molar refractivity (Wildman–Crippen MR) is 73.7 cm³/mol. The lowest BCUT2D eigenvalue weighted by molar-refractivity contribution is 0.0734. The maximum Gasteiger partial charge on any atom is 0.343 e. The van der Waals surface area contributed by atoms with Gasteiger partial charge in [0.2, 0.25) is 0 Å². The number of benzene rings is 2. The summed E-state index contributed by atoms with van der Waals surface area (Å²) in [6, 6.07) is 15.7. The summed E-state index contributed by atoms with van der Waals surface area (Å²) in [4.78, 5) is 12.0. The van der Waals surface area contributed by atoms with Crippen LogP contribution >= 0.6 is 0 Å². The van der Waals surface area contributed by atoms with Gasteiger partial charge in [-0.05, 0) is 35.9 Å². The molecule has 0 bridgehead atoms. The number of nitriles is 1. The summed E-state index contributed by atoms with van der Waals surface area (Å²) in [6.45, 7) is 0. The minimum Gasteiger partial charge on any atom is -0.497 e. The molecule has 0 aliphatic carbocycles. The summed E-state index contributed by atoms with van der Waals surface area (Å²) in [7, 11) is 1.54. The number of rotatable bonds is 4. The van der Waals surface area contributed by atoms with Gasteiger partial charge in [0.1, 0.15) is 11.5 Å². The van der Waals surface area contributed by atoms with Gasteiger partial charge in [-0.25, -0.2) is 4.79 Å². The van der Waals surface area contributed by atoms with E-state index in [1.807, 2.05) is 0 Å². The van der Waals surface area contributed by atoms with Crippen LogP contribution in [0.4, 0.5) is 0 Å². The fraction of sp³-hybridized carbons (Fsp3) is 0.125. The largest absolute Gasteiger partial charge is 0.497 e. The lowest BCUT2D eigenvalue weighted by Gasteiger charge is -2.06. The zero-order valence-electron chi connectivity index (χ0n) is 11.0. The molecule has 0 aliphatic heterocycles. The van der Waals surface area contributed by atoms with Crippen LogP contribution in [-0.2, 0) is 6.42 Å². The molecular formula is C16H13NO3. The molecule has 2 rings (SSSR count). The highest BCUT2D eigenvalue weighted by molar-refractivity contribution is 5.91. The van der Waals surface area contributed by atoms with E-state index in [4.69, 9.17) is 14.7 Å². The normalized spacial score (nSPS) is 9.60. The lowest BCUT2D eigenvalue weighted by Crippen LogP contribution is -2.08. The van der Waals surface area contributed by atoms with Gasteiger partial charge in [-0.15, -0.1) is 0 Å². The predicted octanol–water partition coefficient (Wildman–Crippen LogP) is 2.98. The number of methoxy groups -OCH3 is 1. The first-order valence-corrected chi connectivity index (χ1v) is 6.05. The molecule has 0 heterocycles. The van der Waals surface area contributed by atoms with Crippen molar-refractivity contribution in [2.45, 2.75) is 6.42 Å². The van der Waals surface area contributed by atoms with Crippen molar-refractivity contribution in [2.75, 3.05) is 7.11 Å². The number of nitrogens with zero attached hydrogens (tertiary/aromatic N) is 1. The molecule has 4 nitrogen and oxygen atoms in total. The monoisotopic (exact) mass is 267 g/mol. The third kappa shape index (κ3) is 3.36. The van der Waals surface area contributed by atoms with E-state index in [2.05, 4.69) is 6.07 Å². The van der Waals surface area contributed by atoms with Crippen LogP contribution in [0, 0.1) is 11.3 Å². The first kappa shape index (κ1) is 13.6. The summed E-state index contributed by atoms with van der Waals surface area (Å²) in [5.41, 5.74) is 1.30. The third-order valence-corrected chi connectivity index (χ3v) is 2.72. The zero-order chi connectivity index (χ0) is 14.4. The number of carbonyl (C=O) groups is 1. The van der Waals surface area contributed by atoms with Crippen molar-refractivity contribution in [2.24, 2.45) is 0 Å². The second kappa shape index (κ2) is 6.39. The summed E-state index contributed by atoms with van der Waals surface area (Å²) in [5.74, 6) is 0.597. The van der Waals surface area contributed by atoms with Crippen LogP contribution in [-0.4, -0.2) is 13.1 Å². The standard InChI is InChI=1S/C16H13NO3/c1-19-15-4-2-3-13(11-15)16(18)20-14-7-5-12(6-8-14)9-10-17/h2-8,11H,9H2,1H3. The first-order valence-electron chi connectivity index (χ1n) is 6.05. The first-order chi connectivity index (χ1) is 9.72. The van der Waals surface area contributed by atoms with Gasteiger partial charge in [-0.3, -0.25) is 0 Å². The Balaban J connectivity index is 2.09. The van der Waals surface area contributed by atoms with E-state index in [9.17, 15) is 4.79 Å². The van der Waals surface area contributed by atoms with Crippen molar-refractivity contribution in [1.82, 2.24) is 0 Å². The molecule has 0 radical (unpaired) electrons. The number of hydrogen-bond donors (Lipinski definition) is 0. The Morgan fingerprint density at radius 2 is 1.90 bits per heavy atom. The number of esters is 1. The minimum atomic E-state index is -0.447. The molecule has 4 heteroatoms. The lowest BCUT2D eigenvalue weighted by atomic mass is 10.1. The Morgan fingerprint density at radius 1 is 1.15 bits per heavy atom. The van der Waals surface area contributed by atoms with Gasteiger partial charge in [0.15, 0.2) is 0 Å². The second-order valence-electron chi connectivity index (χ2n) is 4.10. The Labute approximate surface area is 117 Å². The summed E-state index contributed by atoms with van der Waals surface area (Å²) in [5, 5.41) is 8.59. The van der Waals surface area contributed by atoms with Gasteiger partial charge < -0.3 is 9.47 Å². The highest BCUT2D eigenvalue weighted by Gasteiger charge is 2.09. The van der Waals surface area contributed by atoms with Crippen molar-refractivity contribution in [3.05, 3.63) is 59.7 Å². The van der Waals surface area contributed by atoms with Crippen LogP contribution in [0.5, 0.6) is 11.5 Å². The van der Waals surface area contributed by atoms with Gasteiger partial charge in [-0.1, -0.05) is 18.2 Å². The zero-order valence-corrected chi connectivity index (χ0v) is 11.0. The number of hydrogen-bond acceptors (Lipinski definition) is 4. The minimum absolute atomic E-state index is 0.337. The molecule has 2 aromatic carbocycles. The van der Waals surface area contributed by atoms with Crippen molar-refractivity contribution >= 4 is 5.97 Å². The maximum absolute atomic E-state index is 12.0. The maximum atomic E-state index is 12.0. The molecule has 0 amide bonds. The molecular weight excluding hydrogens is 254 g/mol. The average Bonchev–Trinajstić information content (AvgIpc) is 2.49. The molecule has 20 heavy (non-hydrogen) atoms. The summed E-state index contributed by atoms with van der Waals surface area (Å²) in [6.07, 6.45) is 0.337. The van der Waals surface area contributed by atoms with E-state index >= 15 is 0 Å². The van der Waals surface area contributed by atoms with Gasteiger partial charge in [0.05, 0.1) is 25.2 Å². The number of carbonyl (C=O) groups excluding carboxylic acids is 1. The molecule has 0 aromatic heterocycles. The van der Waals surface area contributed by atoms with Crippen LogP contribution in [0.15, 0.2) is 48.5 Å². The van der Waals surface area contributed by atoms with E-state index in [1.165, 1.54) is 0 Å². The third-order valence-electron chi connectivity index (χ3n) is 2.72. The Bertz CT molecular complexity index is 642. The Kier molecular flexibility index (Phi) is 4.35. The summed E-state index contributed by atoms with van der Waals surface area (Å²) >= 11 is 0. The van der Waals surface area contributed by atoms with Crippen LogP contribution in [0.1, 0.15) is 15.9 Å². The van der Waals surface area contributed by atoms with Crippen LogP contribution in [0.25, 0.3) is 0 Å². The SMILES string of the molecule is COc1cccc(C(=O)Oc2ccc(CC#N)cc2)c1. The number of ether oxygens (including phenoxy) is 2. The molecule has 100 valence electrons. The van der Waals surface area contributed by atoms with E-state index in [-0.39, 0.29) is 0 Å². The molecule has 0 aliphatic rings. The smallest absolute Gasteiger partial charge is 0.343 e.